The Labute approximate surface area is 216 Å². The number of azide groups is 1. The Morgan fingerprint density at radius 1 is 0.778 bits per heavy atom. The molecule has 0 heterocycles. The van der Waals surface area contributed by atoms with Gasteiger partial charge >= 0.3 is 0 Å². The Morgan fingerprint density at radius 2 is 1.19 bits per heavy atom. The topological polar surface area (TPSA) is 166 Å². The van der Waals surface area contributed by atoms with E-state index in [1.807, 2.05) is 42.3 Å². The largest absolute Gasteiger partial charge is 0.756 e. The third kappa shape index (κ3) is 31.0. The van der Waals surface area contributed by atoms with E-state index in [1.54, 1.807) is 0 Å². The van der Waals surface area contributed by atoms with Crippen LogP contribution in [-0.2, 0) is 27.2 Å². The zero-order valence-electron chi connectivity index (χ0n) is 22.7. The first-order valence-corrected chi connectivity index (χ1v) is 14.7. The van der Waals surface area contributed by atoms with E-state index in [0.717, 1.165) is 19.3 Å². The average molecular weight is 558 g/mol. The fraction of sp³-hybridized carbons (Fsp3) is 0.905. The number of terminal acetylenes is 1. The highest BCUT2D eigenvalue weighted by Gasteiger charge is 2.14. The lowest BCUT2D eigenvalue weighted by Crippen LogP contribution is -2.37. The van der Waals surface area contributed by atoms with Gasteiger partial charge in [0.2, 0.25) is 0 Å². The van der Waals surface area contributed by atoms with Crippen molar-refractivity contribution in [3.8, 4) is 12.3 Å². The molecule has 0 N–H and O–H groups in total. The highest BCUT2D eigenvalue weighted by Crippen LogP contribution is 2.38. The standard InChI is InChI=1S/C11H22NO4P.C10H23N4O4P/c1-5-6-7-8-10-15-17(13,14)16-11-9-12(2,3)4;1-14(2,3)8-10-18-19(15,16)17-9-6-4-5-7-12-13-11/h1H,6-11H2,2-4H3;4-10H2,1-3H3. The molecule has 0 aromatic rings. The zero-order chi connectivity index (χ0) is 28.1. The minimum Gasteiger partial charge on any atom is -0.756 e. The lowest BCUT2D eigenvalue weighted by molar-refractivity contribution is -0.870. The minimum atomic E-state index is -4.18. The minimum absolute atomic E-state index is 0.0986. The molecular weight excluding hydrogens is 512 g/mol. The second-order valence-electron chi connectivity index (χ2n) is 9.93. The summed E-state index contributed by atoms with van der Waals surface area (Å²) in [6.45, 7) is 2.09. The van der Waals surface area contributed by atoms with Gasteiger partial charge in [-0.05, 0) is 31.2 Å². The number of rotatable bonds is 20. The Kier molecular flexibility index (Phi) is 20.7. The van der Waals surface area contributed by atoms with Gasteiger partial charge in [-0.3, -0.25) is 9.13 Å². The smallest absolute Gasteiger partial charge is 0.268 e. The molecule has 0 radical (unpaired) electrons. The molecule has 2 unspecified atom stereocenters. The van der Waals surface area contributed by atoms with Crippen molar-refractivity contribution < 1.29 is 46.0 Å². The number of phosphoric ester groups is 2. The van der Waals surface area contributed by atoms with Crippen LogP contribution in [0, 0.1) is 12.3 Å². The summed E-state index contributed by atoms with van der Waals surface area (Å²) in [5.41, 5.74) is 8.05. The fourth-order valence-corrected chi connectivity index (χ4v) is 3.58. The van der Waals surface area contributed by atoms with Crippen molar-refractivity contribution in [2.75, 3.05) is 88.3 Å². The Balaban J connectivity index is 0. The van der Waals surface area contributed by atoms with E-state index in [-0.39, 0.29) is 26.4 Å². The van der Waals surface area contributed by atoms with Crippen LogP contribution in [0.4, 0.5) is 0 Å². The quantitative estimate of drug-likeness (QED) is 0.0419. The van der Waals surface area contributed by atoms with Crippen molar-refractivity contribution in [1.29, 1.82) is 0 Å². The lowest BCUT2D eigenvalue weighted by atomic mass is 10.2. The summed E-state index contributed by atoms with van der Waals surface area (Å²) < 4.78 is 42.8. The third-order valence-corrected chi connectivity index (χ3v) is 6.20. The van der Waals surface area contributed by atoms with Gasteiger partial charge in [0.25, 0.3) is 15.6 Å². The van der Waals surface area contributed by atoms with Crippen LogP contribution in [0.5, 0.6) is 0 Å². The monoisotopic (exact) mass is 557 g/mol. The molecule has 0 aliphatic carbocycles. The summed E-state index contributed by atoms with van der Waals surface area (Å²) >= 11 is 0. The molecule has 36 heavy (non-hydrogen) atoms. The van der Waals surface area contributed by atoms with Gasteiger partial charge < -0.3 is 36.8 Å². The van der Waals surface area contributed by atoms with Crippen LogP contribution < -0.4 is 9.79 Å². The first kappa shape index (κ1) is 37.2. The molecule has 0 saturated carbocycles. The van der Waals surface area contributed by atoms with Crippen molar-refractivity contribution in [3.05, 3.63) is 10.4 Å². The van der Waals surface area contributed by atoms with Gasteiger partial charge in [-0.25, -0.2) is 0 Å². The maximum absolute atomic E-state index is 11.4. The summed E-state index contributed by atoms with van der Waals surface area (Å²) in [5.74, 6) is 2.48. The van der Waals surface area contributed by atoms with E-state index in [1.165, 1.54) is 0 Å². The molecule has 0 amide bonds. The van der Waals surface area contributed by atoms with Crippen LogP contribution in [0.25, 0.3) is 10.4 Å². The second-order valence-corrected chi connectivity index (χ2v) is 12.8. The highest BCUT2D eigenvalue weighted by molar-refractivity contribution is 7.46. The van der Waals surface area contributed by atoms with Gasteiger partial charge in [-0.1, -0.05) is 11.5 Å². The van der Waals surface area contributed by atoms with Crippen LogP contribution in [-0.4, -0.2) is 97.3 Å². The zero-order valence-corrected chi connectivity index (χ0v) is 24.5. The molecule has 0 aromatic heterocycles. The van der Waals surface area contributed by atoms with Gasteiger partial charge in [0.15, 0.2) is 0 Å². The third-order valence-electron chi connectivity index (χ3n) is 4.20. The average Bonchev–Trinajstić information content (AvgIpc) is 2.71. The van der Waals surface area contributed by atoms with Crippen molar-refractivity contribution >= 4 is 15.6 Å². The van der Waals surface area contributed by atoms with Crippen LogP contribution in [0.3, 0.4) is 0 Å². The van der Waals surface area contributed by atoms with E-state index in [0.29, 0.717) is 47.9 Å². The second kappa shape index (κ2) is 20.0. The van der Waals surface area contributed by atoms with Crippen molar-refractivity contribution in [2.45, 2.75) is 38.5 Å². The van der Waals surface area contributed by atoms with Crippen molar-refractivity contribution in [3.63, 3.8) is 0 Å². The van der Waals surface area contributed by atoms with Gasteiger partial charge in [0.05, 0.1) is 55.5 Å². The molecule has 2 atom stereocenters. The van der Waals surface area contributed by atoms with Crippen molar-refractivity contribution in [1.82, 2.24) is 0 Å². The van der Waals surface area contributed by atoms with Crippen LogP contribution >= 0.6 is 15.6 Å². The highest BCUT2D eigenvalue weighted by atomic mass is 31.2. The normalized spacial score (nSPS) is 15.0. The molecule has 0 spiro atoms. The van der Waals surface area contributed by atoms with E-state index >= 15 is 0 Å². The van der Waals surface area contributed by atoms with Crippen LogP contribution in [0.2, 0.25) is 0 Å². The van der Waals surface area contributed by atoms with E-state index in [2.05, 4.69) is 15.9 Å². The maximum Gasteiger partial charge on any atom is 0.268 e. The number of phosphoric acid groups is 2. The van der Waals surface area contributed by atoms with Gasteiger partial charge in [0, 0.05) is 17.9 Å². The molecule has 0 saturated heterocycles. The van der Waals surface area contributed by atoms with E-state index < -0.39 is 15.6 Å². The SMILES string of the molecule is C#CCCCCOP(=O)([O-])OCC[N+](C)(C)C.C[N+](C)(C)CCOP(=O)([O-])OCCCCCN=[N+]=[N-]. The number of hydrogen-bond donors (Lipinski definition) is 0. The van der Waals surface area contributed by atoms with Gasteiger partial charge in [-0.15, -0.1) is 12.3 Å². The van der Waals surface area contributed by atoms with Gasteiger partial charge in [0.1, 0.15) is 26.3 Å². The summed E-state index contributed by atoms with van der Waals surface area (Å²) in [5, 5.41) is 3.38. The summed E-state index contributed by atoms with van der Waals surface area (Å²) in [6.07, 6.45) is 9.14. The maximum atomic E-state index is 11.4. The molecule has 0 rings (SSSR count). The molecule has 13 nitrogen and oxygen atoms in total. The molecule has 212 valence electrons. The lowest BCUT2D eigenvalue weighted by Gasteiger charge is -2.27. The van der Waals surface area contributed by atoms with Crippen LogP contribution in [0.1, 0.15) is 38.5 Å². The molecule has 0 aliphatic rings. The Bertz CT molecular complexity index is 759. The van der Waals surface area contributed by atoms with Gasteiger partial charge in [-0.2, -0.15) is 0 Å². The number of nitrogens with zero attached hydrogens (tertiary/aromatic N) is 5. The molecule has 0 bridgehead atoms. The predicted molar refractivity (Wildman–Crippen MR) is 135 cm³/mol. The number of unbranched alkanes of at least 4 members (excludes halogenated alkanes) is 4. The Hall–Kier alpha value is -0.990. The first-order chi connectivity index (χ1) is 16.5. The molecule has 0 fully saturated rings. The fourth-order valence-electron chi connectivity index (χ4n) is 2.12. The number of quaternary nitrogens is 2. The number of likely N-dealkylation sites (N-methyl/N-ethyl adjacent to an activating group) is 2. The summed E-state index contributed by atoms with van der Waals surface area (Å²) in [7, 11) is 3.40. The molecular formula is C21H45N5O8P2. The Morgan fingerprint density at radius 3 is 1.58 bits per heavy atom. The van der Waals surface area contributed by atoms with E-state index in [9.17, 15) is 18.9 Å². The van der Waals surface area contributed by atoms with Crippen LogP contribution in [0.15, 0.2) is 5.11 Å². The number of hydrogen-bond acceptors (Lipinski definition) is 9. The van der Waals surface area contributed by atoms with E-state index in [4.69, 9.17) is 30.0 Å². The summed E-state index contributed by atoms with van der Waals surface area (Å²) in [4.78, 5) is 25.3. The molecule has 0 aromatic carbocycles. The van der Waals surface area contributed by atoms with Crippen molar-refractivity contribution in [2.24, 2.45) is 5.11 Å². The predicted octanol–water partition coefficient (Wildman–Crippen LogP) is 2.67. The summed E-state index contributed by atoms with van der Waals surface area (Å²) in [6, 6.07) is 0. The first-order valence-electron chi connectivity index (χ1n) is 11.8. The molecule has 0 aliphatic heterocycles. The molecule has 15 heteroatoms.